The first-order chi connectivity index (χ1) is 14.9. The number of rotatable bonds is 15. The van der Waals surface area contributed by atoms with Crippen LogP contribution in [0.5, 0.6) is 0 Å². The van der Waals surface area contributed by atoms with Gasteiger partial charge in [0.15, 0.2) is 5.96 Å². The SMILES string of the molecule is CC(NC(=O)C(N)CO)C(=O)NC(CCCN=C(N)N)C(=O)NC(CCC(=O)O)C(=O)O. The van der Waals surface area contributed by atoms with E-state index in [0.717, 1.165) is 0 Å². The van der Waals surface area contributed by atoms with Crippen LogP contribution in [0.3, 0.4) is 0 Å². The Morgan fingerprint density at radius 3 is 2.00 bits per heavy atom. The van der Waals surface area contributed by atoms with Crippen molar-refractivity contribution in [2.24, 2.45) is 22.2 Å². The Morgan fingerprint density at radius 2 is 1.50 bits per heavy atom. The van der Waals surface area contributed by atoms with Crippen LogP contribution in [0.25, 0.3) is 0 Å². The van der Waals surface area contributed by atoms with E-state index in [1.165, 1.54) is 6.92 Å². The molecule has 0 aromatic carbocycles. The maximum absolute atomic E-state index is 12.6. The maximum atomic E-state index is 12.6. The molecule has 0 fully saturated rings. The van der Waals surface area contributed by atoms with Gasteiger partial charge in [-0.2, -0.15) is 0 Å². The zero-order valence-corrected chi connectivity index (χ0v) is 17.6. The highest BCUT2D eigenvalue weighted by molar-refractivity contribution is 5.94. The molecule has 32 heavy (non-hydrogen) atoms. The minimum absolute atomic E-state index is 0.0104. The minimum Gasteiger partial charge on any atom is -0.481 e. The molecule has 0 aromatic rings. The van der Waals surface area contributed by atoms with Crippen molar-refractivity contribution in [2.75, 3.05) is 13.2 Å². The van der Waals surface area contributed by atoms with Gasteiger partial charge in [0.2, 0.25) is 17.7 Å². The van der Waals surface area contributed by atoms with Gasteiger partial charge in [0.25, 0.3) is 0 Å². The molecule has 182 valence electrons. The van der Waals surface area contributed by atoms with Crippen molar-refractivity contribution in [3.63, 3.8) is 0 Å². The van der Waals surface area contributed by atoms with Gasteiger partial charge in [-0.25, -0.2) is 4.79 Å². The Bertz CT molecular complexity index is 711. The first-order valence-corrected chi connectivity index (χ1v) is 9.66. The number of hydrogen-bond donors (Lipinski definition) is 9. The normalized spacial score (nSPS) is 14.2. The maximum Gasteiger partial charge on any atom is 0.326 e. The number of hydrogen-bond acceptors (Lipinski definition) is 8. The number of nitrogens with zero attached hydrogens (tertiary/aromatic N) is 1. The highest BCUT2D eigenvalue weighted by Crippen LogP contribution is 2.04. The summed E-state index contributed by atoms with van der Waals surface area (Å²) in [6.07, 6.45) is -0.612. The summed E-state index contributed by atoms with van der Waals surface area (Å²) in [6.45, 7) is 0.808. The monoisotopic (exact) mass is 461 g/mol. The second kappa shape index (κ2) is 14.5. The molecule has 3 amide bonds. The van der Waals surface area contributed by atoms with E-state index in [4.69, 9.17) is 27.4 Å². The van der Waals surface area contributed by atoms with Crippen LogP contribution >= 0.6 is 0 Å². The number of guanidine groups is 1. The molecular weight excluding hydrogens is 430 g/mol. The van der Waals surface area contributed by atoms with Crippen LogP contribution in [-0.2, 0) is 24.0 Å². The van der Waals surface area contributed by atoms with Gasteiger partial charge in [0.05, 0.1) is 6.61 Å². The molecule has 0 rings (SSSR count). The van der Waals surface area contributed by atoms with Gasteiger partial charge in [-0.1, -0.05) is 0 Å². The van der Waals surface area contributed by atoms with Gasteiger partial charge < -0.3 is 48.5 Å². The molecule has 0 aromatic heterocycles. The zero-order valence-electron chi connectivity index (χ0n) is 17.6. The van der Waals surface area contributed by atoms with Crippen LogP contribution in [0, 0.1) is 0 Å². The molecule has 12 N–H and O–H groups in total. The van der Waals surface area contributed by atoms with E-state index < -0.39 is 66.9 Å². The van der Waals surface area contributed by atoms with Gasteiger partial charge in [0.1, 0.15) is 24.2 Å². The van der Waals surface area contributed by atoms with Crippen LogP contribution < -0.4 is 33.2 Å². The lowest BCUT2D eigenvalue weighted by Gasteiger charge is -2.23. The first-order valence-electron chi connectivity index (χ1n) is 9.66. The summed E-state index contributed by atoms with van der Waals surface area (Å²) in [5, 5.41) is 33.7. The van der Waals surface area contributed by atoms with Crippen LogP contribution in [-0.4, -0.2) is 88.3 Å². The number of amides is 3. The molecule has 0 saturated heterocycles. The van der Waals surface area contributed by atoms with Gasteiger partial charge in [-0.3, -0.25) is 24.2 Å². The third-order valence-electron chi connectivity index (χ3n) is 4.13. The van der Waals surface area contributed by atoms with Crippen molar-refractivity contribution in [1.82, 2.24) is 16.0 Å². The summed E-state index contributed by atoms with van der Waals surface area (Å²) in [6, 6.07) is -5.09. The van der Waals surface area contributed by atoms with Crippen LogP contribution in [0.4, 0.5) is 0 Å². The number of aliphatic carboxylic acids is 2. The Morgan fingerprint density at radius 1 is 0.906 bits per heavy atom. The van der Waals surface area contributed by atoms with Crippen LogP contribution in [0.15, 0.2) is 4.99 Å². The fourth-order valence-corrected chi connectivity index (χ4v) is 2.34. The molecule has 4 unspecified atom stereocenters. The van der Waals surface area contributed by atoms with E-state index in [-0.39, 0.29) is 31.8 Å². The van der Waals surface area contributed by atoms with Crippen molar-refractivity contribution < 1.29 is 39.3 Å². The number of carboxylic acid groups (broad SMARTS) is 2. The molecule has 0 aliphatic heterocycles. The molecular formula is C17H31N7O8. The van der Waals surface area contributed by atoms with Crippen LogP contribution in [0.2, 0.25) is 0 Å². The summed E-state index contributed by atoms with van der Waals surface area (Å²) in [7, 11) is 0. The predicted molar refractivity (Wildman–Crippen MR) is 111 cm³/mol. The second-order valence-corrected chi connectivity index (χ2v) is 6.86. The third-order valence-corrected chi connectivity index (χ3v) is 4.13. The molecule has 15 nitrogen and oxygen atoms in total. The molecule has 0 spiro atoms. The number of aliphatic hydroxyl groups excluding tert-OH is 1. The molecule has 0 saturated carbocycles. The minimum atomic E-state index is -1.49. The number of carbonyl (C=O) groups excluding carboxylic acids is 3. The Hall–Kier alpha value is -3.46. The number of carbonyl (C=O) groups is 5. The lowest BCUT2D eigenvalue weighted by Crippen LogP contribution is -2.56. The topological polar surface area (TPSA) is 273 Å². The van der Waals surface area contributed by atoms with E-state index in [1.54, 1.807) is 0 Å². The van der Waals surface area contributed by atoms with Gasteiger partial charge in [-0.15, -0.1) is 0 Å². The van der Waals surface area contributed by atoms with Gasteiger partial charge >= 0.3 is 11.9 Å². The van der Waals surface area contributed by atoms with Crippen molar-refractivity contribution in [1.29, 1.82) is 0 Å². The number of nitrogens with one attached hydrogen (secondary N) is 3. The van der Waals surface area contributed by atoms with Crippen molar-refractivity contribution in [2.45, 2.75) is 56.8 Å². The summed E-state index contributed by atoms with van der Waals surface area (Å²) in [4.78, 5) is 62.5. The highest BCUT2D eigenvalue weighted by atomic mass is 16.4. The summed E-state index contributed by atoms with van der Waals surface area (Å²) >= 11 is 0. The van der Waals surface area contributed by atoms with Gasteiger partial charge in [-0.05, 0) is 26.2 Å². The summed E-state index contributed by atoms with van der Waals surface area (Å²) < 4.78 is 0. The molecule has 15 heteroatoms. The predicted octanol–water partition coefficient (Wildman–Crippen LogP) is -4.22. The van der Waals surface area contributed by atoms with Crippen molar-refractivity contribution >= 4 is 35.6 Å². The summed E-state index contributed by atoms with van der Waals surface area (Å²) in [5.74, 6) is -5.29. The van der Waals surface area contributed by atoms with Gasteiger partial charge in [0, 0.05) is 13.0 Å². The largest absolute Gasteiger partial charge is 0.481 e. The number of aliphatic imine (C=N–C) groups is 1. The van der Waals surface area contributed by atoms with E-state index in [1.807, 2.05) is 0 Å². The standard InChI is InChI=1S/C17H31N7O8/c1-8(22-14(29)9(18)7-25)13(28)23-10(3-2-6-21-17(19)20)15(30)24-11(16(31)32)4-5-12(26)27/h8-11,25H,2-7,18H2,1H3,(H,22,29)(H,23,28)(H,24,30)(H,26,27)(H,31,32)(H4,19,20,21). The molecule has 0 bridgehead atoms. The fraction of sp³-hybridized carbons (Fsp3) is 0.647. The van der Waals surface area contributed by atoms with Crippen LogP contribution in [0.1, 0.15) is 32.6 Å². The molecule has 0 radical (unpaired) electrons. The second-order valence-electron chi connectivity index (χ2n) is 6.86. The van der Waals surface area contributed by atoms with E-state index in [2.05, 4.69) is 20.9 Å². The number of nitrogens with two attached hydrogens (primary N) is 3. The van der Waals surface area contributed by atoms with Crippen molar-refractivity contribution in [3.05, 3.63) is 0 Å². The number of aliphatic hydroxyl groups is 1. The molecule has 0 aliphatic rings. The Labute approximate surface area is 183 Å². The molecule has 0 aliphatic carbocycles. The van der Waals surface area contributed by atoms with E-state index >= 15 is 0 Å². The van der Waals surface area contributed by atoms with Crippen molar-refractivity contribution in [3.8, 4) is 0 Å². The Kier molecular flexibility index (Phi) is 13.0. The average molecular weight is 461 g/mol. The smallest absolute Gasteiger partial charge is 0.326 e. The lowest BCUT2D eigenvalue weighted by atomic mass is 10.1. The highest BCUT2D eigenvalue weighted by Gasteiger charge is 2.28. The quantitative estimate of drug-likeness (QED) is 0.0640. The Balaban J connectivity index is 5.25. The lowest BCUT2D eigenvalue weighted by molar-refractivity contribution is -0.143. The fourth-order valence-electron chi connectivity index (χ4n) is 2.34. The number of carboxylic acids is 2. The third kappa shape index (κ3) is 11.7. The summed E-state index contributed by atoms with van der Waals surface area (Å²) in [5.41, 5.74) is 15.8. The molecule has 0 heterocycles. The zero-order chi connectivity index (χ0) is 24.8. The van der Waals surface area contributed by atoms with E-state index in [0.29, 0.717) is 0 Å². The molecule has 4 atom stereocenters. The first kappa shape index (κ1) is 28.5. The van der Waals surface area contributed by atoms with E-state index in [9.17, 15) is 29.1 Å². The average Bonchev–Trinajstić information content (AvgIpc) is 2.71.